The highest BCUT2D eigenvalue weighted by Gasteiger charge is 2.17. The van der Waals surface area contributed by atoms with E-state index in [9.17, 15) is 14.9 Å². The van der Waals surface area contributed by atoms with Gasteiger partial charge in [-0.05, 0) is 19.9 Å². The van der Waals surface area contributed by atoms with E-state index in [0.29, 0.717) is 5.71 Å². The van der Waals surface area contributed by atoms with E-state index in [1.54, 1.807) is 13.8 Å². The van der Waals surface area contributed by atoms with Gasteiger partial charge in [-0.15, -0.1) is 0 Å². The van der Waals surface area contributed by atoms with Gasteiger partial charge in [0.05, 0.1) is 28.0 Å². The average Bonchev–Trinajstić information content (AvgIpc) is 2.39. The molecule has 0 aliphatic heterocycles. The number of halogens is 2. The summed E-state index contributed by atoms with van der Waals surface area (Å²) in [5.74, 6) is -0.427. The monoisotopic (exact) mass is 333 g/mol. The summed E-state index contributed by atoms with van der Waals surface area (Å²) in [6.45, 7) is 3.56. The number of ether oxygens (including phenoxy) is 1. The lowest BCUT2D eigenvalue weighted by atomic mass is 10.2. The molecule has 0 aliphatic rings. The topological polar surface area (TPSA) is 93.8 Å². The van der Waals surface area contributed by atoms with Crippen molar-refractivity contribution in [3.05, 3.63) is 32.3 Å². The van der Waals surface area contributed by atoms with Crippen LogP contribution in [0.25, 0.3) is 0 Å². The van der Waals surface area contributed by atoms with Gasteiger partial charge in [0.25, 0.3) is 5.69 Å². The van der Waals surface area contributed by atoms with Crippen molar-refractivity contribution in [2.24, 2.45) is 5.10 Å². The first-order chi connectivity index (χ1) is 9.85. The Hall–Kier alpha value is -1.86. The molecule has 0 saturated heterocycles. The Bertz CT molecular complexity index is 590. The Labute approximate surface area is 131 Å². The van der Waals surface area contributed by atoms with Gasteiger partial charge in [-0.25, -0.2) is 0 Å². The van der Waals surface area contributed by atoms with Crippen LogP contribution in [-0.2, 0) is 9.53 Å². The summed E-state index contributed by atoms with van der Waals surface area (Å²) in [5, 5.41) is 15.1. The first kappa shape index (κ1) is 17.2. The van der Waals surface area contributed by atoms with Gasteiger partial charge >= 0.3 is 5.97 Å². The number of carbonyl (C=O) groups is 1. The summed E-state index contributed by atoms with van der Waals surface area (Å²) >= 11 is 11.5. The molecule has 0 saturated carbocycles. The minimum atomic E-state index is -0.610. The van der Waals surface area contributed by atoms with Crippen LogP contribution in [-0.4, -0.2) is 23.2 Å². The van der Waals surface area contributed by atoms with E-state index < -0.39 is 10.9 Å². The highest BCUT2D eigenvalue weighted by Crippen LogP contribution is 2.33. The molecule has 0 radical (unpaired) electrons. The van der Waals surface area contributed by atoms with Crippen molar-refractivity contribution in [1.29, 1.82) is 0 Å². The molecule has 21 heavy (non-hydrogen) atoms. The first-order valence-corrected chi connectivity index (χ1v) is 6.69. The number of anilines is 1. The predicted molar refractivity (Wildman–Crippen MR) is 81.1 cm³/mol. The molecular weight excluding hydrogens is 321 g/mol. The zero-order valence-corrected chi connectivity index (χ0v) is 12.9. The van der Waals surface area contributed by atoms with Gasteiger partial charge in [0.2, 0.25) is 0 Å². The fraction of sp³-hybridized carbons (Fsp3) is 0.333. The summed E-state index contributed by atoms with van der Waals surface area (Å²) in [7, 11) is 0. The number of hydrogen-bond donors (Lipinski definition) is 1. The Morgan fingerprint density at radius 2 is 2.05 bits per heavy atom. The van der Waals surface area contributed by atoms with E-state index in [4.69, 9.17) is 27.9 Å². The lowest BCUT2D eigenvalue weighted by molar-refractivity contribution is -0.383. The molecule has 0 heterocycles. The van der Waals surface area contributed by atoms with Crippen molar-refractivity contribution in [2.45, 2.75) is 20.3 Å². The average molecular weight is 334 g/mol. The van der Waals surface area contributed by atoms with E-state index in [1.165, 1.54) is 6.07 Å². The molecule has 0 fully saturated rings. The standard InChI is InChI=1S/C12H13Cl2N3O4/c1-3-21-12(18)4-7(2)15-16-10-5-8(13)9(14)6-11(10)17(19)20/h5-6,16H,3-4H2,1-2H3/b15-7-. The largest absolute Gasteiger partial charge is 0.466 e. The second kappa shape index (κ2) is 7.80. The number of esters is 1. The molecule has 0 atom stereocenters. The Kier molecular flexibility index (Phi) is 6.39. The fourth-order valence-electron chi connectivity index (χ4n) is 1.39. The number of hydrogen-bond acceptors (Lipinski definition) is 6. The molecule has 0 aliphatic carbocycles. The second-order valence-electron chi connectivity index (χ2n) is 3.98. The van der Waals surface area contributed by atoms with Crippen LogP contribution in [0, 0.1) is 10.1 Å². The molecular formula is C12H13Cl2N3O4. The molecule has 7 nitrogen and oxygen atoms in total. The highest BCUT2D eigenvalue weighted by molar-refractivity contribution is 6.42. The van der Waals surface area contributed by atoms with Crippen LogP contribution in [0.5, 0.6) is 0 Å². The minimum absolute atomic E-state index is 0.0179. The third-order valence-corrected chi connectivity index (χ3v) is 3.03. The number of nitro groups is 1. The van der Waals surface area contributed by atoms with E-state index in [0.717, 1.165) is 6.07 Å². The molecule has 114 valence electrons. The van der Waals surface area contributed by atoms with Crippen LogP contribution in [0.1, 0.15) is 20.3 Å². The maximum Gasteiger partial charge on any atom is 0.311 e. The zero-order valence-electron chi connectivity index (χ0n) is 11.4. The number of hydrazone groups is 1. The van der Waals surface area contributed by atoms with Gasteiger partial charge in [0.15, 0.2) is 0 Å². The van der Waals surface area contributed by atoms with Gasteiger partial charge in [0.1, 0.15) is 5.69 Å². The van der Waals surface area contributed by atoms with Gasteiger partial charge in [-0.1, -0.05) is 23.2 Å². The summed E-state index contributed by atoms with van der Waals surface area (Å²) in [5.41, 5.74) is 2.73. The Morgan fingerprint density at radius 3 is 2.62 bits per heavy atom. The number of benzene rings is 1. The zero-order chi connectivity index (χ0) is 16.0. The van der Waals surface area contributed by atoms with Crippen LogP contribution in [0.3, 0.4) is 0 Å². The highest BCUT2D eigenvalue weighted by atomic mass is 35.5. The molecule has 0 unspecified atom stereocenters. The maximum absolute atomic E-state index is 11.3. The van der Waals surface area contributed by atoms with E-state index in [2.05, 4.69) is 10.5 Å². The van der Waals surface area contributed by atoms with Crippen molar-refractivity contribution in [3.63, 3.8) is 0 Å². The smallest absolute Gasteiger partial charge is 0.311 e. The molecule has 0 spiro atoms. The molecule has 0 bridgehead atoms. The normalized spacial score (nSPS) is 11.1. The van der Waals surface area contributed by atoms with E-state index in [-0.39, 0.29) is 34.4 Å². The number of carbonyl (C=O) groups excluding carboxylic acids is 1. The Balaban J connectivity index is 2.90. The minimum Gasteiger partial charge on any atom is -0.466 e. The first-order valence-electron chi connectivity index (χ1n) is 5.93. The maximum atomic E-state index is 11.3. The van der Waals surface area contributed by atoms with Crippen LogP contribution in [0.2, 0.25) is 10.0 Å². The van der Waals surface area contributed by atoms with Gasteiger partial charge in [-0.2, -0.15) is 5.10 Å². The molecule has 0 aromatic heterocycles. The van der Waals surface area contributed by atoms with Crippen molar-refractivity contribution in [1.82, 2.24) is 0 Å². The van der Waals surface area contributed by atoms with Crippen LogP contribution in [0.15, 0.2) is 17.2 Å². The van der Waals surface area contributed by atoms with Crippen molar-refractivity contribution in [3.8, 4) is 0 Å². The number of rotatable bonds is 6. The van der Waals surface area contributed by atoms with Crippen LogP contribution < -0.4 is 5.43 Å². The molecule has 1 rings (SSSR count). The third-order valence-electron chi connectivity index (χ3n) is 2.31. The predicted octanol–water partition coefficient (Wildman–Crippen LogP) is 3.64. The second-order valence-corrected chi connectivity index (χ2v) is 4.80. The van der Waals surface area contributed by atoms with E-state index in [1.807, 2.05) is 0 Å². The fourth-order valence-corrected chi connectivity index (χ4v) is 1.71. The van der Waals surface area contributed by atoms with Crippen molar-refractivity contribution < 1.29 is 14.5 Å². The molecule has 0 amide bonds. The molecule has 1 N–H and O–H groups in total. The number of nitrogens with one attached hydrogen (secondary N) is 1. The Morgan fingerprint density at radius 1 is 1.43 bits per heavy atom. The lowest BCUT2D eigenvalue weighted by Gasteiger charge is -2.06. The SMILES string of the molecule is CCOC(=O)C/C(C)=N\Nc1cc(Cl)c(Cl)cc1[N+](=O)[O-]. The quantitative estimate of drug-likeness (QED) is 0.371. The van der Waals surface area contributed by atoms with Gasteiger partial charge in [-0.3, -0.25) is 20.3 Å². The van der Waals surface area contributed by atoms with Crippen molar-refractivity contribution >= 4 is 46.3 Å². The van der Waals surface area contributed by atoms with E-state index >= 15 is 0 Å². The lowest BCUT2D eigenvalue weighted by Crippen LogP contribution is -2.10. The molecule has 9 heteroatoms. The number of nitro benzene ring substituents is 1. The summed E-state index contributed by atoms with van der Waals surface area (Å²) in [4.78, 5) is 21.6. The van der Waals surface area contributed by atoms with Crippen LogP contribution in [0.4, 0.5) is 11.4 Å². The number of nitrogens with zero attached hydrogens (tertiary/aromatic N) is 2. The molecule has 1 aromatic carbocycles. The summed E-state index contributed by atoms with van der Waals surface area (Å²) in [6.07, 6.45) is -0.0179. The van der Waals surface area contributed by atoms with Gasteiger partial charge in [0, 0.05) is 11.8 Å². The van der Waals surface area contributed by atoms with Crippen LogP contribution >= 0.6 is 23.2 Å². The van der Waals surface area contributed by atoms with Crippen molar-refractivity contribution in [2.75, 3.05) is 12.0 Å². The third kappa shape index (κ3) is 5.20. The summed E-state index contributed by atoms with van der Waals surface area (Å²) < 4.78 is 4.77. The summed E-state index contributed by atoms with van der Waals surface area (Å²) in [6, 6.07) is 2.42. The molecule has 1 aromatic rings. The van der Waals surface area contributed by atoms with Gasteiger partial charge < -0.3 is 4.74 Å².